The zero-order valence-corrected chi connectivity index (χ0v) is 12.9. The van der Waals surface area contributed by atoms with E-state index < -0.39 is 0 Å². The molecule has 0 radical (unpaired) electrons. The fourth-order valence-electron chi connectivity index (χ4n) is 2.95. The second-order valence-corrected chi connectivity index (χ2v) is 5.83. The third kappa shape index (κ3) is 3.46. The maximum absolute atomic E-state index is 5.81. The second-order valence-electron chi connectivity index (χ2n) is 5.83. The van der Waals surface area contributed by atoms with Crippen molar-refractivity contribution in [3.8, 4) is 0 Å². The Morgan fingerprint density at radius 2 is 2.00 bits per heavy atom. The Morgan fingerprint density at radius 1 is 1.24 bits per heavy atom. The molecule has 1 aromatic carbocycles. The van der Waals surface area contributed by atoms with E-state index >= 15 is 0 Å². The standard InChI is InChI=1S/C17H24N2O2/c1-13(12-19-7-9-20-10-8-19)18-11-16-14(2)21-17-6-4-3-5-15(16)17/h3-6,13,18H,7-12H2,1-2H3. The molecule has 4 heteroatoms. The van der Waals surface area contributed by atoms with Crippen LogP contribution in [0.15, 0.2) is 28.7 Å². The molecule has 0 aliphatic carbocycles. The van der Waals surface area contributed by atoms with Gasteiger partial charge in [0.1, 0.15) is 11.3 Å². The maximum atomic E-state index is 5.81. The summed E-state index contributed by atoms with van der Waals surface area (Å²) in [7, 11) is 0. The summed E-state index contributed by atoms with van der Waals surface area (Å²) < 4.78 is 11.2. The van der Waals surface area contributed by atoms with Gasteiger partial charge in [0.15, 0.2) is 0 Å². The van der Waals surface area contributed by atoms with E-state index in [0.29, 0.717) is 6.04 Å². The number of hydrogen-bond acceptors (Lipinski definition) is 4. The Balaban J connectivity index is 1.59. The molecule has 1 fully saturated rings. The van der Waals surface area contributed by atoms with Crippen LogP contribution >= 0.6 is 0 Å². The highest BCUT2D eigenvalue weighted by Gasteiger charge is 2.15. The Hall–Kier alpha value is -1.36. The van der Waals surface area contributed by atoms with Crippen LogP contribution in [0.1, 0.15) is 18.2 Å². The number of furan rings is 1. The van der Waals surface area contributed by atoms with Crippen LogP contribution in [0.4, 0.5) is 0 Å². The number of para-hydroxylation sites is 1. The summed E-state index contributed by atoms with van der Waals surface area (Å²) in [6.45, 7) is 10.0. The molecular formula is C17H24N2O2. The summed E-state index contributed by atoms with van der Waals surface area (Å²) in [4.78, 5) is 2.46. The minimum absolute atomic E-state index is 0.455. The molecule has 0 bridgehead atoms. The molecule has 1 unspecified atom stereocenters. The van der Waals surface area contributed by atoms with Crippen LogP contribution in [0.3, 0.4) is 0 Å². The zero-order valence-electron chi connectivity index (χ0n) is 12.9. The fraction of sp³-hybridized carbons (Fsp3) is 0.529. The number of hydrogen-bond donors (Lipinski definition) is 1. The molecule has 0 amide bonds. The van der Waals surface area contributed by atoms with Crippen molar-refractivity contribution in [2.45, 2.75) is 26.4 Å². The third-order valence-electron chi connectivity index (χ3n) is 4.16. The number of nitrogens with zero attached hydrogens (tertiary/aromatic N) is 1. The lowest BCUT2D eigenvalue weighted by atomic mass is 10.1. The SMILES string of the molecule is Cc1oc2ccccc2c1CNC(C)CN1CCOCC1. The van der Waals surface area contributed by atoms with Gasteiger partial charge in [0, 0.05) is 43.2 Å². The van der Waals surface area contributed by atoms with Crippen LogP contribution < -0.4 is 5.32 Å². The van der Waals surface area contributed by atoms with Gasteiger partial charge in [0.25, 0.3) is 0 Å². The predicted molar refractivity (Wildman–Crippen MR) is 84.5 cm³/mol. The Bertz CT molecular complexity index is 587. The molecule has 4 nitrogen and oxygen atoms in total. The number of fused-ring (bicyclic) bond motifs is 1. The normalized spacial score (nSPS) is 18.2. The molecule has 3 rings (SSSR count). The maximum Gasteiger partial charge on any atom is 0.134 e. The average Bonchev–Trinajstić information content (AvgIpc) is 2.81. The van der Waals surface area contributed by atoms with Crippen LogP contribution in [0, 0.1) is 6.92 Å². The molecule has 0 saturated carbocycles. The van der Waals surface area contributed by atoms with Crippen molar-refractivity contribution >= 4 is 11.0 Å². The van der Waals surface area contributed by atoms with Crippen molar-refractivity contribution < 1.29 is 9.15 Å². The number of rotatable bonds is 5. The van der Waals surface area contributed by atoms with E-state index in [1.54, 1.807) is 0 Å². The van der Waals surface area contributed by atoms with Gasteiger partial charge in [-0.2, -0.15) is 0 Å². The van der Waals surface area contributed by atoms with Gasteiger partial charge in [-0.05, 0) is 19.9 Å². The summed E-state index contributed by atoms with van der Waals surface area (Å²) in [6.07, 6.45) is 0. The minimum atomic E-state index is 0.455. The third-order valence-corrected chi connectivity index (χ3v) is 4.16. The van der Waals surface area contributed by atoms with Gasteiger partial charge in [-0.25, -0.2) is 0 Å². The van der Waals surface area contributed by atoms with Crippen LogP contribution in [0.2, 0.25) is 0 Å². The summed E-state index contributed by atoms with van der Waals surface area (Å²) >= 11 is 0. The number of morpholine rings is 1. The van der Waals surface area contributed by atoms with Gasteiger partial charge in [-0.1, -0.05) is 18.2 Å². The lowest BCUT2D eigenvalue weighted by Gasteiger charge is -2.29. The molecule has 1 aliphatic heterocycles. The van der Waals surface area contributed by atoms with Gasteiger partial charge in [-0.3, -0.25) is 4.90 Å². The fourth-order valence-corrected chi connectivity index (χ4v) is 2.95. The number of benzene rings is 1. The van der Waals surface area contributed by atoms with Crippen LogP contribution in [-0.4, -0.2) is 43.8 Å². The molecule has 2 aromatic rings. The lowest BCUT2D eigenvalue weighted by Crippen LogP contribution is -2.44. The van der Waals surface area contributed by atoms with Gasteiger partial charge in [0.2, 0.25) is 0 Å². The first-order chi connectivity index (χ1) is 10.2. The summed E-state index contributed by atoms with van der Waals surface area (Å²) in [6, 6.07) is 8.70. The van der Waals surface area contributed by atoms with E-state index in [4.69, 9.17) is 9.15 Å². The van der Waals surface area contributed by atoms with E-state index in [1.165, 1.54) is 10.9 Å². The molecule has 0 spiro atoms. The second kappa shape index (κ2) is 6.60. The van der Waals surface area contributed by atoms with E-state index in [-0.39, 0.29) is 0 Å². The molecule has 1 saturated heterocycles. The van der Waals surface area contributed by atoms with E-state index in [1.807, 2.05) is 19.1 Å². The number of ether oxygens (including phenoxy) is 1. The zero-order chi connectivity index (χ0) is 14.7. The molecule has 1 aromatic heterocycles. The first-order valence-corrected chi connectivity index (χ1v) is 7.74. The smallest absolute Gasteiger partial charge is 0.134 e. The molecule has 1 aliphatic rings. The largest absolute Gasteiger partial charge is 0.461 e. The topological polar surface area (TPSA) is 37.6 Å². The Labute approximate surface area is 126 Å². The summed E-state index contributed by atoms with van der Waals surface area (Å²) in [5.41, 5.74) is 2.26. The Kier molecular flexibility index (Phi) is 4.58. The minimum Gasteiger partial charge on any atom is -0.461 e. The lowest BCUT2D eigenvalue weighted by molar-refractivity contribution is 0.0343. The van der Waals surface area contributed by atoms with Crippen LogP contribution in [-0.2, 0) is 11.3 Å². The summed E-state index contributed by atoms with van der Waals surface area (Å²) in [5.74, 6) is 1.02. The highest BCUT2D eigenvalue weighted by molar-refractivity contribution is 5.82. The predicted octanol–water partition coefficient (Wildman–Crippen LogP) is 2.55. The highest BCUT2D eigenvalue weighted by Crippen LogP contribution is 2.25. The quantitative estimate of drug-likeness (QED) is 0.917. The first-order valence-electron chi connectivity index (χ1n) is 7.74. The molecule has 21 heavy (non-hydrogen) atoms. The number of nitrogens with one attached hydrogen (secondary N) is 1. The molecule has 2 heterocycles. The van der Waals surface area contributed by atoms with Crippen molar-refractivity contribution in [2.75, 3.05) is 32.8 Å². The van der Waals surface area contributed by atoms with Gasteiger partial charge >= 0.3 is 0 Å². The molecule has 114 valence electrons. The van der Waals surface area contributed by atoms with Crippen molar-refractivity contribution in [2.24, 2.45) is 0 Å². The van der Waals surface area contributed by atoms with Gasteiger partial charge in [-0.15, -0.1) is 0 Å². The number of aryl methyl sites for hydroxylation is 1. The molecule has 1 atom stereocenters. The van der Waals surface area contributed by atoms with Crippen molar-refractivity contribution in [1.29, 1.82) is 0 Å². The molecule has 1 N–H and O–H groups in total. The van der Waals surface area contributed by atoms with Crippen molar-refractivity contribution in [1.82, 2.24) is 10.2 Å². The van der Waals surface area contributed by atoms with E-state index in [0.717, 1.165) is 50.7 Å². The van der Waals surface area contributed by atoms with Gasteiger partial charge in [0.05, 0.1) is 13.2 Å². The van der Waals surface area contributed by atoms with E-state index in [9.17, 15) is 0 Å². The average molecular weight is 288 g/mol. The van der Waals surface area contributed by atoms with Crippen LogP contribution in [0.5, 0.6) is 0 Å². The Morgan fingerprint density at radius 3 is 2.81 bits per heavy atom. The van der Waals surface area contributed by atoms with E-state index in [2.05, 4.69) is 29.3 Å². The summed E-state index contributed by atoms with van der Waals surface area (Å²) in [5, 5.41) is 4.85. The highest BCUT2D eigenvalue weighted by atomic mass is 16.5. The van der Waals surface area contributed by atoms with Crippen molar-refractivity contribution in [3.63, 3.8) is 0 Å². The monoisotopic (exact) mass is 288 g/mol. The van der Waals surface area contributed by atoms with Crippen LogP contribution in [0.25, 0.3) is 11.0 Å². The molecular weight excluding hydrogens is 264 g/mol. The van der Waals surface area contributed by atoms with Gasteiger partial charge < -0.3 is 14.5 Å². The first kappa shape index (κ1) is 14.6. The van der Waals surface area contributed by atoms with Crippen molar-refractivity contribution in [3.05, 3.63) is 35.6 Å².